The van der Waals surface area contributed by atoms with Crippen LogP contribution in [0.15, 0.2) is 36.4 Å². The molecule has 1 heterocycles. The average molecular weight is 498 g/mol. The first-order chi connectivity index (χ1) is 14.8. The second-order valence-electron chi connectivity index (χ2n) is 8.60. The quantitative estimate of drug-likeness (QED) is 0.239. The number of aromatic nitrogens is 1. The summed E-state index contributed by atoms with van der Waals surface area (Å²) in [5.74, 6) is 0.818. The molecule has 0 amide bonds. The van der Waals surface area contributed by atoms with Crippen molar-refractivity contribution < 1.29 is 34.9 Å². The van der Waals surface area contributed by atoms with Crippen LogP contribution in [-0.2, 0) is 6.54 Å². The number of anilines is 1. The average Bonchev–Trinajstić information content (AvgIpc) is 2.64. The van der Waals surface area contributed by atoms with E-state index in [0.717, 1.165) is 0 Å². The van der Waals surface area contributed by atoms with E-state index >= 15 is 0 Å². The van der Waals surface area contributed by atoms with Crippen molar-refractivity contribution in [2.45, 2.75) is 46.1 Å². The van der Waals surface area contributed by atoms with Gasteiger partial charge in [-0.15, -0.1) is 0 Å². The Morgan fingerprint density at radius 3 is 1.55 bits per heavy atom. The molecule has 0 saturated heterocycles. The summed E-state index contributed by atoms with van der Waals surface area (Å²) in [6.45, 7) is 9.65. The Bertz CT molecular complexity index is 913. The standard InChI is InChI=1S/C23H33N2O.F6P/c1-17(2)22-15-20(16-23(18(3)4)25(22)13-14-26)8-7-19-9-11-21(12-10-19)24(5)6;1-7(2,3,4,5)6/h7-12,15-18,26H,13-14H2,1-6H3;/q+1;-1. The molecular weight excluding hydrogens is 465 g/mol. The van der Waals surface area contributed by atoms with Gasteiger partial charge >= 0.3 is 33.0 Å². The normalized spacial score (nSPS) is 14.2. The van der Waals surface area contributed by atoms with Crippen LogP contribution in [-0.4, -0.2) is 25.8 Å². The van der Waals surface area contributed by atoms with Gasteiger partial charge in [0.1, 0.15) is 6.61 Å². The summed E-state index contributed by atoms with van der Waals surface area (Å²) in [7, 11) is -6.55. The molecule has 0 fully saturated rings. The molecule has 0 aliphatic carbocycles. The Balaban J connectivity index is 0.000000675. The van der Waals surface area contributed by atoms with E-state index < -0.39 is 7.81 Å². The van der Waals surface area contributed by atoms with E-state index in [1.54, 1.807) is 0 Å². The van der Waals surface area contributed by atoms with Crippen LogP contribution in [0, 0.1) is 0 Å². The van der Waals surface area contributed by atoms with Crippen LogP contribution >= 0.6 is 7.81 Å². The first-order valence-corrected chi connectivity index (χ1v) is 12.5. The maximum atomic E-state index is 9.87. The number of halogens is 6. The van der Waals surface area contributed by atoms with E-state index in [-0.39, 0.29) is 6.61 Å². The van der Waals surface area contributed by atoms with Crippen molar-refractivity contribution >= 4 is 25.6 Å². The van der Waals surface area contributed by atoms with E-state index in [1.807, 2.05) is 0 Å². The van der Waals surface area contributed by atoms with Gasteiger partial charge in [-0.25, -0.2) is 0 Å². The topological polar surface area (TPSA) is 27.4 Å². The fourth-order valence-corrected chi connectivity index (χ4v) is 3.18. The molecule has 2 aromatic rings. The predicted octanol–water partition coefficient (Wildman–Crippen LogP) is 7.83. The fourth-order valence-electron chi connectivity index (χ4n) is 3.18. The summed E-state index contributed by atoms with van der Waals surface area (Å²) in [5, 5.41) is 9.48. The second-order valence-corrected chi connectivity index (χ2v) is 10.5. The maximum absolute atomic E-state index is 10.7. The molecule has 1 aromatic carbocycles. The van der Waals surface area contributed by atoms with Gasteiger partial charge in [0.25, 0.3) is 0 Å². The molecule has 0 radical (unpaired) electrons. The van der Waals surface area contributed by atoms with E-state index in [1.165, 1.54) is 28.2 Å². The molecule has 33 heavy (non-hydrogen) atoms. The summed E-state index contributed by atoms with van der Waals surface area (Å²) < 4.78 is 61.5. The van der Waals surface area contributed by atoms with Gasteiger partial charge in [0.15, 0.2) is 17.9 Å². The van der Waals surface area contributed by atoms with Crippen LogP contribution in [0.5, 0.6) is 0 Å². The van der Waals surface area contributed by atoms with Gasteiger partial charge in [-0.3, -0.25) is 0 Å². The Labute approximate surface area is 191 Å². The predicted molar refractivity (Wildman–Crippen MR) is 125 cm³/mol. The molecule has 0 unspecified atom stereocenters. The van der Waals surface area contributed by atoms with Crippen LogP contribution in [0.3, 0.4) is 0 Å². The van der Waals surface area contributed by atoms with Crippen molar-refractivity contribution in [3.05, 3.63) is 58.9 Å². The van der Waals surface area contributed by atoms with E-state index in [2.05, 4.69) is 99.8 Å². The fraction of sp³-hybridized carbons (Fsp3) is 0.435. The minimum atomic E-state index is -10.7. The Hall–Kier alpha value is -2.12. The molecule has 0 saturated carbocycles. The first kappa shape index (κ1) is 28.9. The molecule has 1 N–H and O–H groups in total. The van der Waals surface area contributed by atoms with E-state index in [0.29, 0.717) is 18.4 Å². The zero-order chi connectivity index (χ0) is 25.7. The number of benzene rings is 1. The molecule has 188 valence electrons. The van der Waals surface area contributed by atoms with Crippen LogP contribution in [0.1, 0.15) is 62.0 Å². The summed E-state index contributed by atoms with van der Waals surface area (Å²) in [6, 6.07) is 13.1. The van der Waals surface area contributed by atoms with Gasteiger partial charge in [-0.1, -0.05) is 52.0 Å². The van der Waals surface area contributed by atoms with Crippen molar-refractivity contribution in [3.63, 3.8) is 0 Å². The number of nitrogens with zero attached hydrogens (tertiary/aromatic N) is 2. The number of rotatable bonds is 7. The molecule has 0 aliphatic heterocycles. The van der Waals surface area contributed by atoms with E-state index in [4.69, 9.17) is 0 Å². The summed E-state index contributed by atoms with van der Waals surface area (Å²) in [6.07, 6.45) is 4.35. The third-order valence-corrected chi connectivity index (χ3v) is 4.64. The van der Waals surface area contributed by atoms with Crippen molar-refractivity contribution in [1.29, 1.82) is 0 Å². The van der Waals surface area contributed by atoms with Crippen LogP contribution < -0.4 is 9.47 Å². The number of hydrogen-bond donors (Lipinski definition) is 1. The number of aliphatic hydroxyl groups excluding tert-OH is 1. The van der Waals surface area contributed by atoms with Crippen LogP contribution in [0.2, 0.25) is 0 Å². The SMILES string of the molecule is CC(C)c1cc(/C=C/c2ccc(N(C)C)cc2)cc(C(C)C)[n+]1CCO.F[P-](F)(F)(F)(F)F. The van der Waals surface area contributed by atoms with Gasteiger partial charge in [0.05, 0.1) is 0 Å². The van der Waals surface area contributed by atoms with Gasteiger partial charge < -0.3 is 10.0 Å². The zero-order valence-corrected chi connectivity index (χ0v) is 20.6. The van der Waals surface area contributed by atoms with Crippen molar-refractivity contribution in [3.8, 4) is 0 Å². The monoisotopic (exact) mass is 498 g/mol. The Morgan fingerprint density at radius 2 is 1.21 bits per heavy atom. The summed E-state index contributed by atoms with van der Waals surface area (Å²) in [5.41, 5.74) is 6.15. The molecule has 10 heteroatoms. The molecule has 1 aromatic heterocycles. The summed E-state index contributed by atoms with van der Waals surface area (Å²) >= 11 is 0. The number of aliphatic hydroxyl groups is 1. The third-order valence-electron chi connectivity index (χ3n) is 4.64. The van der Waals surface area contributed by atoms with Crippen LogP contribution in [0.25, 0.3) is 12.2 Å². The van der Waals surface area contributed by atoms with Gasteiger partial charge in [0, 0.05) is 43.8 Å². The number of hydrogen-bond acceptors (Lipinski definition) is 2. The van der Waals surface area contributed by atoms with Crippen molar-refractivity contribution in [2.24, 2.45) is 0 Å². The molecule has 0 aliphatic rings. The van der Waals surface area contributed by atoms with E-state index in [9.17, 15) is 30.3 Å². The molecular formula is C23H33F6N2OP. The molecule has 0 atom stereocenters. The Kier molecular flexibility index (Phi) is 8.78. The van der Waals surface area contributed by atoms with Gasteiger partial charge in [-0.2, -0.15) is 4.57 Å². The zero-order valence-electron chi connectivity index (χ0n) is 19.7. The van der Waals surface area contributed by atoms with Crippen molar-refractivity contribution in [1.82, 2.24) is 0 Å². The van der Waals surface area contributed by atoms with Gasteiger partial charge in [0.2, 0.25) is 0 Å². The molecule has 2 rings (SSSR count). The summed E-state index contributed by atoms with van der Waals surface area (Å²) in [4.78, 5) is 2.11. The van der Waals surface area contributed by atoms with Crippen LogP contribution in [0.4, 0.5) is 30.9 Å². The first-order valence-electron chi connectivity index (χ1n) is 10.5. The third kappa shape index (κ3) is 12.1. The second kappa shape index (κ2) is 10.0. The number of pyridine rings is 1. The molecule has 0 spiro atoms. The molecule has 3 nitrogen and oxygen atoms in total. The molecule has 0 bridgehead atoms. The van der Waals surface area contributed by atoms with Crippen molar-refractivity contribution in [2.75, 3.05) is 25.6 Å². The minimum absolute atomic E-state index is 0.164. The van der Waals surface area contributed by atoms with Gasteiger partial charge in [-0.05, 0) is 23.3 Å². The Morgan fingerprint density at radius 1 is 0.818 bits per heavy atom.